The number of aromatic carboxylic acids is 1. The lowest BCUT2D eigenvalue weighted by molar-refractivity contribution is 0.0691. The molecule has 1 N–H and O–H groups in total. The maximum Gasteiger partial charge on any atom is 0.339 e. The van der Waals surface area contributed by atoms with Crippen LogP contribution in [-0.4, -0.2) is 16.1 Å². The molecule has 0 aliphatic carbocycles. The van der Waals surface area contributed by atoms with Crippen LogP contribution in [0.3, 0.4) is 0 Å². The molecule has 4 heteroatoms. The van der Waals surface area contributed by atoms with Gasteiger partial charge >= 0.3 is 5.97 Å². The number of ether oxygens (including phenoxy) is 1. The summed E-state index contributed by atoms with van der Waals surface area (Å²) in [5, 5.41) is 8.99. The van der Waals surface area contributed by atoms with E-state index in [1.165, 1.54) is 24.0 Å². The molecular weight excluding hydrogens is 230 g/mol. The van der Waals surface area contributed by atoms with Gasteiger partial charge in [0.1, 0.15) is 12.2 Å². The molecule has 1 heterocycles. The fraction of sp³-hybridized carbons (Fsp3) is 0.143. The molecule has 0 bridgehead atoms. The summed E-state index contributed by atoms with van der Waals surface area (Å²) in [6.07, 6.45) is 2.85. The number of pyridine rings is 1. The van der Waals surface area contributed by atoms with E-state index in [-0.39, 0.29) is 11.3 Å². The second-order valence-electron chi connectivity index (χ2n) is 3.95. The first-order valence-electron chi connectivity index (χ1n) is 5.52. The third kappa shape index (κ3) is 2.85. The maximum atomic E-state index is 11.0. The van der Waals surface area contributed by atoms with E-state index in [0.717, 1.165) is 5.56 Å². The average Bonchev–Trinajstić information content (AvgIpc) is 2.38. The summed E-state index contributed by atoms with van der Waals surface area (Å²) in [4.78, 5) is 14.8. The van der Waals surface area contributed by atoms with Gasteiger partial charge in [-0.3, -0.25) is 4.98 Å². The molecule has 0 amide bonds. The fourth-order valence-electron chi connectivity index (χ4n) is 1.52. The molecule has 0 unspecified atom stereocenters. The summed E-state index contributed by atoms with van der Waals surface area (Å²) < 4.78 is 5.48. The summed E-state index contributed by atoms with van der Waals surface area (Å²) >= 11 is 0. The Balaban J connectivity index is 2.10. The summed E-state index contributed by atoms with van der Waals surface area (Å²) in [6.45, 7) is 2.33. The van der Waals surface area contributed by atoms with Gasteiger partial charge in [0, 0.05) is 6.20 Å². The minimum absolute atomic E-state index is 0.122. The van der Waals surface area contributed by atoms with Crippen LogP contribution in [0.1, 0.15) is 21.5 Å². The number of aromatic nitrogens is 1. The van der Waals surface area contributed by atoms with E-state index in [1.807, 2.05) is 31.2 Å². The highest BCUT2D eigenvalue weighted by Crippen LogP contribution is 2.18. The number of benzene rings is 1. The first-order valence-corrected chi connectivity index (χ1v) is 5.52. The molecule has 0 aliphatic heterocycles. The Bertz CT molecular complexity index is 549. The van der Waals surface area contributed by atoms with E-state index < -0.39 is 5.97 Å². The van der Waals surface area contributed by atoms with Crippen LogP contribution in [0.2, 0.25) is 0 Å². The van der Waals surface area contributed by atoms with Gasteiger partial charge in [0.2, 0.25) is 0 Å². The molecule has 0 atom stereocenters. The number of aryl methyl sites for hydroxylation is 1. The normalized spacial score (nSPS) is 10.1. The Morgan fingerprint density at radius 1 is 1.28 bits per heavy atom. The Hall–Kier alpha value is -2.36. The zero-order valence-electron chi connectivity index (χ0n) is 9.96. The lowest BCUT2D eigenvalue weighted by atomic mass is 10.2. The van der Waals surface area contributed by atoms with E-state index in [0.29, 0.717) is 6.61 Å². The molecule has 0 saturated carbocycles. The lowest BCUT2D eigenvalue weighted by Gasteiger charge is -2.08. The largest absolute Gasteiger partial charge is 0.486 e. The van der Waals surface area contributed by atoms with E-state index in [2.05, 4.69) is 4.98 Å². The van der Waals surface area contributed by atoms with Crippen LogP contribution in [0.25, 0.3) is 0 Å². The summed E-state index contributed by atoms with van der Waals surface area (Å²) in [6, 6.07) is 9.30. The molecule has 0 fully saturated rings. The molecule has 0 radical (unpaired) electrons. The fourth-order valence-corrected chi connectivity index (χ4v) is 1.52. The van der Waals surface area contributed by atoms with Gasteiger partial charge in [0.25, 0.3) is 0 Å². The lowest BCUT2D eigenvalue weighted by Crippen LogP contribution is -2.03. The first kappa shape index (κ1) is 12.1. The van der Waals surface area contributed by atoms with Gasteiger partial charge < -0.3 is 9.84 Å². The molecular formula is C14H13NO3. The monoisotopic (exact) mass is 243 g/mol. The van der Waals surface area contributed by atoms with Crippen LogP contribution < -0.4 is 4.74 Å². The minimum atomic E-state index is -1.02. The maximum absolute atomic E-state index is 11.0. The van der Waals surface area contributed by atoms with Gasteiger partial charge in [0.15, 0.2) is 5.75 Å². The number of hydrogen-bond acceptors (Lipinski definition) is 3. The Kier molecular flexibility index (Phi) is 3.57. The zero-order valence-corrected chi connectivity index (χ0v) is 9.96. The Morgan fingerprint density at radius 3 is 2.67 bits per heavy atom. The predicted molar refractivity (Wildman–Crippen MR) is 66.7 cm³/mol. The number of carboxylic acids is 1. The van der Waals surface area contributed by atoms with Crippen LogP contribution in [0.5, 0.6) is 5.75 Å². The predicted octanol–water partition coefficient (Wildman–Crippen LogP) is 2.67. The number of hydrogen-bond donors (Lipinski definition) is 1. The van der Waals surface area contributed by atoms with Crippen LogP contribution in [0.4, 0.5) is 0 Å². The van der Waals surface area contributed by atoms with Gasteiger partial charge in [-0.1, -0.05) is 29.8 Å². The number of carbonyl (C=O) groups is 1. The Morgan fingerprint density at radius 2 is 2.00 bits per heavy atom. The highest BCUT2D eigenvalue weighted by atomic mass is 16.5. The highest BCUT2D eigenvalue weighted by Gasteiger charge is 2.10. The smallest absolute Gasteiger partial charge is 0.339 e. The van der Waals surface area contributed by atoms with Crippen molar-refractivity contribution in [2.24, 2.45) is 0 Å². The summed E-state index contributed by atoms with van der Waals surface area (Å²) in [7, 11) is 0. The Labute approximate surface area is 105 Å². The molecule has 1 aromatic heterocycles. The second-order valence-corrected chi connectivity index (χ2v) is 3.95. The van der Waals surface area contributed by atoms with Gasteiger partial charge in [0.05, 0.1) is 6.20 Å². The van der Waals surface area contributed by atoms with Crippen molar-refractivity contribution < 1.29 is 14.6 Å². The molecule has 0 aliphatic rings. The summed E-state index contributed by atoms with van der Waals surface area (Å²) in [5.74, 6) is -0.734. The van der Waals surface area contributed by atoms with Gasteiger partial charge in [-0.2, -0.15) is 0 Å². The summed E-state index contributed by atoms with van der Waals surface area (Å²) in [5.41, 5.74) is 2.28. The van der Waals surface area contributed by atoms with Crippen LogP contribution >= 0.6 is 0 Å². The van der Waals surface area contributed by atoms with Crippen LogP contribution in [0.15, 0.2) is 42.7 Å². The molecule has 0 spiro atoms. The first-order chi connectivity index (χ1) is 8.66. The number of nitrogens with zero attached hydrogens (tertiary/aromatic N) is 1. The van der Waals surface area contributed by atoms with Crippen molar-refractivity contribution in [3.8, 4) is 5.75 Å². The number of carboxylic acid groups (broad SMARTS) is 1. The van der Waals surface area contributed by atoms with Crippen molar-refractivity contribution in [2.75, 3.05) is 0 Å². The van der Waals surface area contributed by atoms with Crippen LogP contribution in [-0.2, 0) is 6.61 Å². The highest BCUT2D eigenvalue weighted by molar-refractivity contribution is 5.90. The average molecular weight is 243 g/mol. The molecule has 0 saturated heterocycles. The standard InChI is InChI=1S/C14H13NO3/c1-10-2-4-11(5-3-10)9-18-13-8-15-7-6-12(13)14(16)17/h2-8H,9H2,1H3,(H,16,17). The van der Waals surface area contributed by atoms with Crippen molar-refractivity contribution >= 4 is 5.97 Å². The molecule has 92 valence electrons. The molecule has 1 aromatic carbocycles. The zero-order chi connectivity index (χ0) is 13.0. The molecule has 2 aromatic rings. The van der Waals surface area contributed by atoms with E-state index in [9.17, 15) is 4.79 Å². The minimum Gasteiger partial charge on any atom is -0.486 e. The van der Waals surface area contributed by atoms with Crippen molar-refractivity contribution in [2.45, 2.75) is 13.5 Å². The van der Waals surface area contributed by atoms with Crippen molar-refractivity contribution in [3.05, 3.63) is 59.4 Å². The van der Waals surface area contributed by atoms with Crippen molar-refractivity contribution in [3.63, 3.8) is 0 Å². The van der Waals surface area contributed by atoms with E-state index >= 15 is 0 Å². The third-order valence-electron chi connectivity index (χ3n) is 2.53. The topological polar surface area (TPSA) is 59.4 Å². The second kappa shape index (κ2) is 5.31. The van der Waals surface area contributed by atoms with Gasteiger partial charge in [-0.05, 0) is 18.6 Å². The van der Waals surface area contributed by atoms with Crippen molar-refractivity contribution in [1.82, 2.24) is 4.98 Å². The van der Waals surface area contributed by atoms with Crippen molar-refractivity contribution in [1.29, 1.82) is 0 Å². The molecule has 18 heavy (non-hydrogen) atoms. The number of rotatable bonds is 4. The van der Waals surface area contributed by atoms with Crippen LogP contribution in [0, 0.1) is 6.92 Å². The third-order valence-corrected chi connectivity index (χ3v) is 2.53. The van der Waals surface area contributed by atoms with E-state index in [4.69, 9.17) is 9.84 Å². The van der Waals surface area contributed by atoms with Gasteiger partial charge in [-0.15, -0.1) is 0 Å². The quantitative estimate of drug-likeness (QED) is 0.896. The van der Waals surface area contributed by atoms with E-state index in [1.54, 1.807) is 0 Å². The SMILES string of the molecule is Cc1ccc(COc2cnccc2C(=O)O)cc1. The molecule has 2 rings (SSSR count). The molecule has 4 nitrogen and oxygen atoms in total. The van der Waals surface area contributed by atoms with Gasteiger partial charge in [-0.25, -0.2) is 4.79 Å².